The van der Waals surface area contributed by atoms with Gasteiger partial charge in [-0.05, 0) is 25.1 Å². The van der Waals surface area contributed by atoms with E-state index in [-0.39, 0.29) is 0 Å². The SMILES string of the molecule is Cc1cc(Oc2ccc(Br)cc2Cl)nc(NN)n1. The second-order valence-corrected chi connectivity index (χ2v) is 4.82. The van der Waals surface area contributed by atoms with Crippen LogP contribution in [-0.2, 0) is 0 Å². The van der Waals surface area contributed by atoms with Crippen LogP contribution in [0.5, 0.6) is 11.6 Å². The van der Waals surface area contributed by atoms with Crippen LogP contribution in [0.3, 0.4) is 0 Å². The third kappa shape index (κ3) is 3.10. The fourth-order valence-electron chi connectivity index (χ4n) is 1.33. The largest absolute Gasteiger partial charge is 0.437 e. The Morgan fingerprint density at radius 3 is 2.78 bits per heavy atom. The van der Waals surface area contributed by atoms with Gasteiger partial charge in [-0.3, -0.25) is 5.43 Å². The van der Waals surface area contributed by atoms with Crippen molar-refractivity contribution >= 4 is 33.5 Å². The third-order valence-corrected chi connectivity index (χ3v) is 2.86. The van der Waals surface area contributed by atoms with Crippen LogP contribution in [0, 0.1) is 6.92 Å². The molecule has 1 heterocycles. The minimum absolute atomic E-state index is 0.290. The minimum atomic E-state index is 0.290. The number of rotatable bonds is 3. The number of nitrogens with one attached hydrogen (secondary N) is 1. The lowest BCUT2D eigenvalue weighted by molar-refractivity contribution is 0.462. The van der Waals surface area contributed by atoms with Gasteiger partial charge in [0.15, 0.2) is 0 Å². The van der Waals surface area contributed by atoms with Crippen LogP contribution in [-0.4, -0.2) is 9.97 Å². The van der Waals surface area contributed by atoms with E-state index in [1.54, 1.807) is 18.2 Å². The normalized spacial score (nSPS) is 10.2. The highest BCUT2D eigenvalue weighted by atomic mass is 79.9. The van der Waals surface area contributed by atoms with E-state index in [4.69, 9.17) is 22.2 Å². The van der Waals surface area contributed by atoms with Crippen molar-refractivity contribution in [1.82, 2.24) is 9.97 Å². The monoisotopic (exact) mass is 328 g/mol. The van der Waals surface area contributed by atoms with Crippen LogP contribution >= 0.6 is 27.5 Å². The van der Waals surface area contributed by atoms with Crippen molar-refractivity contribution in [1.29, 1.82) is 0 Å². The van der Waals surface area contributed by atoms with Gasteiger partial charge in [0.05, 0.1) is 5.02 Å². The molecule has 3 N–H and O–H groups in total. The molecule has 1 aromatic heterocycles. The molecule has 0 saturated carbocycles. The summed E-state index contributed by atoms with van der Waals surface area (Å²) in [4.78, 5) is 8.13. The Balaban J connectivity index is 2.30. The molecular weight excluding hydrogens is 320 g/mol. The lowest BCUT2D eigenvalue weighted by Crippen LogP contribution is -2.11. The summed E-state index contributed by atoms with van der Waals surface area (Å²) in [6.07, 6.45) is 0. The van der Waals surface area contributed by atoms with Gasteiger partial charge in [-0.15, -0.1) is 0 Å². The Morgan fingerprint density at radius 2 is 2.11 bits per heavy atom. The number of nitrogen functional groups attached to an aromatic ring is 1. The summed E-state index contributed by atoms with van der Waals surface area (Å²) in [6.45, 7) is 1.82. The molecule has 7 heteroatoms. The standard InChI is InChI=1S/C11H10BrClN4O/c1-6-4-10(16-11(15-6)17-14)18-9-3-2-7(12)5-8(9)13/h2-5H,14H2,1H3,(H,15,16,17). The Morgan fingerprint density at radius 1 is 1.33 bits per heavy atom. The average molecular weight is 330 g/mol. The van der Waals surface area contributed by atoms with Gasteiger partial charge in [0.25, 0.3) is 0 Å². The van der Waals surface area contributed by atoms with Crippen LogP contribution < -0.4 is 16.0 Å². The molecule has 1 aromatic carbocycles. The molecule has 5 nitrogen and oxygen atoms in total. The zero-order valence-corrected chi connectivity index (χ0v) is 11.8. The van der Waals surface area contributed by atoms with Crippen molar-refractivity contribution in [3.63, 3.8) is 0 Å². The van der Waals surface area contributed by atoms with E-state index in [1.165, 1.54) is 0 Å². The van der Waals surface area contributed by atoms with Crippen LogP contribution in [0.15, 0.2) is 28.7 Å². The molecule has 0 amide bonds. The number of anilines is 1. The first kappa shape index (κ1) is 13.1. The fraction of sp³-hybridized carbons (Fsp3) is 0.0909. The van der Waals surface area contributed by atoms with Crippen LogP contribution in [0.25, 0.3) is 0 Å². The van der Waals surface area contributed by atoms with Gasteiger partial charge in [-0.25, -0.2) is 10.8 Å². The number of nitrogens with zero attached hydrogens (tertiary/aromatic N) is 2. The molecular formula is C11H10BrClN4O. The van der Waals surface area contributed by atoms with E-state index in [0.29, 0.717) is 22.6 Å². The predicted octanol–water partition coefficient (Wildman–Crippen LogP) is 3.28. The van der Waals surface area contributed by atoms with Gasteiger partial charge in [-0.1, -0.05) is 27.5 Å². The number of halogens is 2. The van der Waals surface area contributed by atoms with E-state index >= 15 is 0 Å². The van der Waals surface area contributed by atoms with Crippen molar-refractivity contribution in [2.24, 2.45) is 5.84 Å². The smallest absolute Gasteiger partial charge is 0.240 e. The molecule has 0 saturated heterocycles. The second kappa shape index (κ2) is 5.51. The first-order valence-corrected chi connectivity index (χ1v) is 6.21. The van der Waals surface area contributed by atoms with Crippen molar-refractivity contribution in [3.05, 3.63) is 39.5 Å². The first-order chi connectivity index (χ1) is 8.58. The molecule has 0 spiro atoms. The van der Waals surface area contributed by atoms with Gasteiger partial charge in [0.2, 0.25) is 11.8 Å². The third-order valence-electron chi connectivity index (χ3n) is 2.07. The topological polar surface area (TPSA) is 73.1 Å². The zero-order chi connectivity index (χ0) is 13.1. The number of benzene rings is 1. The highest BCUT2D eigenvalue weighted by Crippen LogP contribution is 2.31. The molecule has 0 bridgehead atoms. The molecule has 0 aliphatic heterocycles. The van der Waals surface area contributed by atoms with E-state index in [0.717, 1.165) is 10.2 Å². The van der Waals surface area contributed by atoms with Crippen LogP contribution in [0.4, 0.5) is 5.95 Å². The number of aryl methyl sites for hydroxylation is 1. The van der Waals surface area contributed by atoms with E-state index in [9.17, 15) is 0 Å². The number of hydrogen-bond donors (Lipinski definition) is 2. The van der Waals surface area contributed by atoms with Crippen molar-refractivity contribution in [3.8, 4) is 11.6 Å². The minimum Gasteiger partial charge on any atom is -0.437 e. The quantitative estimate of drug-likeness (QED) is 0.668. The van der Waals surface area contributed by atoms with E-state index < -0.39 is 0 Å². The molecule has 2 rings (SSSR count). The molecule has 0 aliphatic carbocycles. The number of ether oxygens (including phenoxy) is 1. The van der Waals surface area contributed by atoms with Gasteiger partial charge in [0, 0.05) is 16.2 Å². The highest BCUT2D eigenvalue weighted by molar-refractivity contribution is 9.10. The average Bonchev–Trinajstić information content (AvgIpc) is 2.32. The Hall–Kier alpha value is -1.37. The molecule has 0 radical (unpaired) electrons. The molecule has 0 fully saturated rings. The number of nitrogens with two attached hydrogens (primary N) is 1. The summed E-state index contributed by atoms with van der Waals surface area (Å²) in [6, 6.07) is 7.02. The van der Waals surface area contributed by atoms with Gasteiger partial charge < -0.3 is 4.74 Å². The first-order valence-electron chi connectivity index (χ1n) is 5.03. The lowest BCUT2D eigenvalue weighted by Gasteiger charge is -2.08. The fourth-order valence-corrected chi connectivity index (χ4v) is 2.04. The Bertz CT molecular complexity index is 579. The summed E-state index contributed by atoms with van der Waals surface area (Å²) in [5.41, 5.74) is 3.11. The molecule has 0 atom stereocenters. The summed E-state index contributed by atoms with van der Waals surface area (Å²) >= 11 is 9.38. The summed E-state index contributed by atoms with van der Waals surface area (Å²) in [5, 5.41) is 0.489. The van der Waals surface area contributed by atoms with Gasteiger partial charge >= 0.3 is 0 Å². The molecule has 2 aromatic rings. The van der Waals surface area contributed by atoms with Crippen molar-refractivity contribution in [2.75, 3.05) is 5.43 Å². The predicted molar refractivity (Wildman–Crippen MR) is 73.8 cm³/mol. The molecule has 18 heavy (non-hydrogen) atoms. The second-order valence-electron chi connectivity index (χ2n) is 3.49. The summed E-state index contributed by atoms with van der Waals surface area (Å²) < 4.78 is 6.47. The maximum absolute atomic E-state index is 6.05. The molecule has 0 aliphatic rings. The Labute approximate surface area is 117 Å². The van der Waals surface area contributed by atoms with E-state index in [2.05, 4.69) is 31.3 Å². The van der Waals surface area contributed by atoms with Gasteiger partial charge in [0.1, 0.15) is 5.75 Å². The zero-order valence-electron chi connectivity index (χ0n) is 9.45. The maximum Gasteiger partial charge on any atom is 0.240 e. The van der Waals surface area contributed by atoms with Crippen LogP contribution in [0.1, 0.15) is 5.69 Å². The van der Waals surface area contributed by atoms with Crippen molar-refractivity contribution < 1.29 is 4.74 Å². The van der Waals surface area contributed by atoms with Crippen LogP contribution in [0.2, 0.25) is 5.02 Å². The summed E-state index contributed by atoms with van der Waals surface area (Å²) in [5.74, 6) is 6.45. The molecule has 94 valence electrons. The number of hydrazine groups is 1. The number of aromatic nitrogens is 2. The lowest BCUT2D eigenvalue weighted by atomic mass is 10.3. The maximum atomic E-state index is 6.05. The molecule has 0 unspecified atom stereocenters. The Kier molecular flexibility index (Phi) is 4.00. The highest BCUT2D eigenvalue weighted by Gasteiger charge is 2.07. The van der Waals surface area contributed by atoms with E-state index in [1.807, 2.05) is 13.0 Å². The number of hydrogen-bond acceptors (Lipinski definition) is 5. The van der Waals surface area contributed by atoms with Gasteiger partial charge in [-0.2, -0.15) is 4.98 Å². The summed E-state index contributed by atoms with van der Waals surface area (Å²) in [7, 11) is 0. The van der Waals surface area contributed by atoms with Crippen molar-refractivity contribution in [2.45, 2.75) is 6.92 Å².